The van der Waals surface area contributed by atoms with Gasteiger partial charge in [0.25, 0.3) is 0 Å². The molecule has 0 saturated heterocycles. The van der Waals surface area contributed by atoms with Crippen molar-refractivity contribution in [2.45, 2.75) is 70.9 Å². The van der Waals surface area contributed by atoms with E-state index in [0.29, 0.717) is 12.0 Å². The normalized spacial score (nSPS) is 24.3. The summed E-state index contributed by atoms with van der Waals surface area (Å²) in [6, 6.07) is 0.596. The van der Waals surface area contributed by atoms with E-state index >= 15 is 0 Å². The summed E-state index contributed by atoms with van der Waals surface area (Å²) in [6.07, 6.45) is 9.25. The van der Waals surface area contributed by atoms with E-state index in [9.17, 15) is 0 Å². The zero-order chi connectivity index (χ0) is 12.8. The van der Waals surface area contributed by atoms with Gasteiger partial charge in [-0.25, -0.2) is 9.67 Å². The van der Waals surface area contributed by atoms with Gasteiger partial charge >= 0.3 is 0 Å². The molecule has 1 aromatic rings. The lowest BCUT2D eigenvalue weighted by Crippen LogP contribution is -2.38. The van der Waals surface area contributed by atoms with E-state index in [1.54, 1.807) is 6.33 Å². The molecule has 0 spiro atoms. The Kier molecular flexibility index (Phi) is 5.17. The Bertz CT molecular complexity index is 347. The second-order valence-electron chi connectivity index (χ2n) is 5.29. The third kappa shape index (κ3) is 3.10. The Labute approximate surface area is 110 Å². The first-order chi connectivity index (χ1) is 8.86. The van der Waals surface area contributed by atoms with Crippen molar-refractivity contribution in [3.05, 3.63) is 12.2 Å². The lowest BCUT2D eigenvalue weighted by Gasteiger charge is -2.31. The van der Waals surface area contributed by atoms with E-state index in [1.807, 2.05) is 0 Å². The average Bonchev–Trinajstić information content (AvgIpc) is 2.85. The van der Waals surface area contributed by atoms with Crippen molar-refractivity contribution >= 4 is 0 Å². The van der Waals surface area contributed by atoms with Crippen molar-refractivity contribution in [3.8, 4) is 0 Å². The molecule has 2 atom stereocenters. The smallest absolute Gasteiger partial charge is 0.138 e. The molecule has 0 aromatic carbocycles. The predicted octanol–water partition coefficient (Wildman–Crippen LogP) is 2.71. The number of aromatic nitrogens is 3. The fourth-order valence-electron chi connectivity index (χ4n) is 2.96. The highest BCUT2D eigenvalue weighted by atomic mass is 15.3. The van der Waals surface area contributed by atoms with Crippen molar-refractivity contribution in [2.24, 2.45) is 0 Å². The summed E-state index contributed by atoms with van der Waals surface area (Å²) >= 11 is 0. The maximum absolute atomic E-state index is 4.53. The molecular formula is C14H26N4. The van der Waals surface area contributed by atoms with Gasteiger partial charge in [0.05, 0.1) is 0 Å². The molecular weight excluding hydrogens is 224 g/mol. The third-order valence-electron chi connectivity index (χ3n) is 3.84. The van der Waals surface area contributed by atoms with Crippen LogP contribution < -0.4 is 5.32 Å². The Morgan fingerprint density at radius 1 is 1.28 bits per heavy atom. The zero-order valence-corrected chi connectivity index (χ0v) is 11.7. The van der Waals surface area contributed by atoms with Crippen LogP contribution >= 0.6 is 0 Å². The van der Waals surface area contributed by atoms with Crippen molar-refractivity contribution in [1.82, 2.24) is 20.1 Å². The summed E-state index contributed by atoms with van der Waals surface area (Å²) in [5.74, 6) is 1.75. The molecule has 4 nitrogen and oxygen atoms in total. The molecule has 1 fully saturated rings. The van der Waals surface area contributed by atoms with Crippen LogP contribution in [0.4, 0.5) is 0 Å². The summed E-state index contributed by atoms with van der Waals surface area (Å²) in [4.78, 5) is 4.53. The SMILES string of the molecule is CCCNC1CCCCC1c1ncnn1CCC. The second kappa shape index (κ2) is 6.88. The summed E-state index contributed by atoms with van der Waals surface area (Å²) in [5.41, 5.74) is 0. The van der Waals surface area contributed by atoms with Gasteiger partial charge in [0.15, 0.2) is 0 Å². The molecule has 1 heterocycles. The highest BCUT2D eigenvalue weighted by molar-refractivity contribution is 5.03. The van der Waals surface area contributed by atoms with Crippen LogP contribution in [0.2, 0.25) is 0 Å². The maximum atomic E-state index is 4.53. The molecule has 0 amide bonds. The van der Waals surface area contributed by atoms with Crippen LogP contribution in [0.3, 0.4) is 0 Å². The molecule has 4 heteroatoms. The van der Waals surface area contributed by atoms with Crippen LogP contribution in [0.15, 0.2) is 6.33 Å². The first-order valence-electron chi connectivity index (χ1n) is 7.47. The minimum atomic E-state index is 0.555. The first-order valence-corrected chi connectivity index (χ1v) is 7.47. The molecule has 1 aromatic heterocycles. The van der Waals surface area contributed by atoms with Gasteiger partial charge in [-0.2, -0.15) is 5.10 Å². The van der Waals surface area contributed by atoms with E-state index in [2.05, 4.69) is 33.9 Å². The van der Waals surface area contributed by atoms with Gasteiger partial charge < -0.3 is 5.32 Å². The van der Waals surface area contributed by atoms with Gasteiger partial charge in [-0.15, -0.1) is 0 Å². The molecule has 1 N–H and O–H groups in total. The van der Waals surface area contributed by atoms with Gasteiger partial charge in [-0.1, -0.05) is 26.7 Å². The largest absolute Gasteiger partial charge is 0.313 e. The first kappa shape index (κ1) is 13.5. The standard InChI is InChI=1S/C14H26N4/c1-3-9-15-13-8-6-5-7-12(13)14-16-11-17-18(14)10-4-2/h11-13,15H,3-10H2,1-2H3. The van der Waals surface area contributed by atoms with Crippen LogP contribution in [-0.4, -0.2) is 27.4 Å². The summed E-state index contributed by atoms with van der Waals surface area (Å²) in [5, 5.41) is 8.07. The Morgan fingerprint density at radius 2 is 2.11 bits per heavy atom. The summed E-state index contributed by atoms with van der Waals surface area (Å²) in [6.45, 7) is 6.53. The molecule has 0 radical (unpaired) electrons. The van der Waals surface area contributed by atoms with E-state index < -0.39 is 0 Å². The van der Waals surface area contributed by atoms with Crippen molar-refractivity contribution in [1.29, 1.82) is 0 Å². The molecule has 0 aliphatic heterocycles. The summed E-state index contributed by atoms with van der Waals surface area (Å²) in [7, 11) is 0. The number of hydrogen-bond acceptors (Lipinski definition) is 3. The van der Waals surface area contributed by atoms with Crippen LogP contribution in [0.1, 0.15) is 64.1 Å². The lowest BCUT2D eigenvalue weighted by atomic mass is 9.83. The van der Waals surface area contributed by atoms with Crippen molar-refractivity contribution in [2.75, 3.05) is 6.54 Å². The van der Waals surface area contributed by atoms with Crippen LogP contribution in [0, 0.1) is 0 Å². The quantitative estimate of drug-likeness (QED) is 0.844. The number of nitrogens with one attached hydrogen (secondary N) is 1. The number of hydrogen-bond donors (Lipinski definition) is 1. The highest BCUT2D eigenvalue weighted by Gasteiger charge is 2.29. The molecule has 102 valence electrons. The molecule has 2 unspecified atom stereocenters. The number of aryl methyl sites for hydroxylation is 1. The monoisotopic (exact) mass is 250 g/mol. The van der Waals surface area contributed by atoms with Crippen LogP contribution in [-0.2, 0) is 6.54 Å². The third-order valence-corrected chi connectivity index (χ3v) is 3.84. The van der Waals surface area contributed by atoms with E-state index in [-0.39, 0.29) is 0 Å². The van der Waals surface area contributed by atoms with E-state index in [0.717, 1.165) is 19.5 Å². The molecule has 1 aliphatic rings. The number of rotatable bonds is 6. The zero-order valence-electron chi connectivity index (χ0n) is 11.7. The maximum Gasteiger partial charge on any atom is 0.138 e. The Balaban J connectivity index is 2.09. The fourth-order valence-corrected chi connectivity index (χ4v) is 2.96. The molecule has 1 saturated carbocycles. The lowest BCUT2D eigenvalue weighted by molar-refractivity contribution is 0.309. The van der Waals surface area contributed by atoms with E-state index in [4.69, 9.17) is 0 Å². The number of nitrogens with zero attached hydrogens (tertiary/aromatic N) is 3. The van der Waals surface area contributed by atoms with Gasteiger partial charge in [0.1, 0.15) is 12.2 Å². The molecule has 1 aliphatic carbocycles. The molecule has 2 rings (SSSR count). The minimum Gasteiger partial charge on any atom is -0.313 e. The van der Waals surface area contributed by atoms with Gasteiger partial charge in [0.2, 0.25) is 0 Å². The fraction of sp³-hybridized carbons (Fsp3) is 0.857. The van der Waals surface area contributed by atoms with Crippen molar-refractivity contribution in [3.63, 3.8) is 0 Å². The Hall–Kier alpha value is -0.900. The average molecular weight is 250 g/mol. The second-order valence-corrected chi connectivity index (χ2v) is 5.29. The van der Waals surface area contributed by atoms with Gasteiger partial charge in [0, 0.05) is 18.5 Å². The van der Waals surface area contributed by atoms with Gasteiger partial charge in [-0.3, -0.25) is 0 Å². The molecule has 18 heavy (non-hydrogen) atoms. The predicted molar refractivity (Wildman–Crippen MR) is 73.6 cm³/mol. The van der Waals surface area contributed by atoms with Gasteiger partial charge in [-0.05, 0) is 32.2 Å². The Morgan fingerprint density at radius 3 is 2.89 bits per heavy atom. The van der Waals surface area contributed by atoms with Crippen LogP contribution in [0.5, 0.6) is 0 Å². The van der Waals surface area contributed by atoms with Crippen LogP contribution in [0.25, 0.3) is 0 Å². The topological polar surface area (TPSA) is 42.7 Å². The van der Waals surface area contributed by atoms with Crippen molar-refractivity contribution < 1.29 is 0 Å². The molecule has 0 bridgehead atoms. The van der Waals surface area contributed by atoms with E-state index in [1.165, 1.54) is 37.9 Å². The summed E-state index contributed by atoms with van der Waals surface area (Å²) < 4.78 is 2.11. The highest BCUT2D eigenvalue weighted by Crippen LogP contribution is 2.32. The minimum absolute atomic E-state index is 0.555.